The van der Waals surface area contributed by atoms with Crippen molar-refractivity contribution in [1.82, 2.24) is 4.72 Å². The average molecular weight is 344 g/mol. The molecule has 0 amide bonds. The van der Waals surface area contributed by atoms with E-state index in [9.17, 15) is 17.6 Å². The molecule has 0 heterocycles. The second-order valence-corrected chi connectivity index (χ2v) is 6.84. The van der Waals surface area contributed by atoms with Gasteiger partial charge >= 0.3 is 5.97 Å². The molecule has 0 aromatic heterocycles. The summed E-state index contributed by atoms with van der Waals surface area (Å²) in [5, 5.41) is 8.14. The van der Waals surface area contributed by atoms with E-state index in [1.807, 2.05) is 4.72 Å². The molecule has 1 aromatic rings. The molecule has 0 saturated carbocycles. The molecule has 112 valence electrons. The van der Waals surface area contributed by atoms with Crippen LogP contribution in [0, 0.1) is 11.7 Å². The number of aliphatic carboxylic acids is 1. The van der Waals surface area contributed by atoms with E-state index >= 15 is 0 Å². The lowest BCUT2D eigenvalue weighted by Crippen LogP contribution is -2.44. The van der Waals surface area contributed by atoms with Gasteiger partial charge in [-0.15, -0.1) is 0 Å². The van der Waals surface area contributed by atoms with E-state index in [1.54, 1.807) is 0 Å². The van der Waals surface area contributed by atoms with Gasteiger partial charge < -0.3 is 5.11 Å². The zero-order valence-corrected chi connectivity index (χ0v) is 12.9. The van der Waals surface area contributed by atoms with Gasteiger partial charge in [-0.25, -0.2) is 12.8 Å². The molecule has 0 bridgehead atoms. The van der Waals surface area contributed by atoms with E-state index in [-0.39, 0.29) is 0 Å². The lowest BCUT2D eigenvalue weighted by molar-refractivity contribution is -0.140. The SMILES string of the molecule is CC(C)[C@H](NS(=O)(=O)c1c(Cl)cc(F)cc1Cl)C(=O)O. The summed E-state index contributed by atoms with van der Waals surface area (Å²) in [7, 11) is -4.29. The van der Waals surface area contributed by atoms with Gasteiger partial charge in [0.2, 0.25) is 10.0 Å². The summed E-state index contributed by atoms with van der Waals surface area (Å²) >= 11 is 11.3. The van der Waals surface area contributed by atoms with Gasteiger partial charge in [-0.05, 0) is 18.1 Å². The van der Waals surface area contributed by atoms with Gasteiger partial charge in [-0.1, -0.05) is 37.0 Å². The molecule has 0 saturated heterocycles. The molecule has 0 aliphatic heterocycles. The maximum absolute atomic E-state index is 13.0. The van der Waals surface area contributed by atoms with Crippen LogP contribution in [0.1, 0.15) is 13.8 Å². The highest BCUT2D eigenvalue weighted by Gasteiger charge is 2.31. The average Bonchev–Trinajstić information content (AvgIpc) is 2.23. The van der Waals surface area contributed by atoms with Crippen molar-refractivity contribution >= 4 is 39.2 Å². The van der Waals surface area contributed by atoms with Crippen molar-refractivity contribution in [3.63, 3.8) is 0 Å². The van der Waals surface area contributed by atoms with E-state index in [4.69, 9.17) is 28.3 Å². The fraction of sp³-hybridized carbons (Fsp3) is 0.364. The number of benzene rings is 1. The lowest BCUT2D eigenvalue weighted by atomic mass is 10.1. The Labute approximate surface area is 125 Å². The Bertz CT molecular complexity index is 610. The zero-order valence-electron chi connectivity index (χ0n) is 10.5. The molecule has 1 aromatic carbocycles. The van der Waals surface area contributed by atoms with Crippen LogP contribution in [0.15, 0.2) is 17.0 Å². The van der Waals surface area contributed by atoms with Crippen LogP contribution >= 0.6 is 23.2 Å². The van der Waals surface area contributed by atoms with Gasteiger partial charge in [0.1, 0.15) is 16.8 Å². The Kier molecular flexibility index (Phi) is 5.37. The van der Waals surface area contributed by atoms with Crippen molar-refractivity contribution in [2.24, 2.45) is 5.92 Å². The molecule has 9 heteroatoms. The highest BCUT2D eigenvalue weighted by molar-refractivity contribution is 7.89. The summed E-state index contributed by atoms with van der Waals surface area (Å²) in [5.74, 6) is -2.63. The van der Waals surface area contributed by atoms with Crippen LogP contribution in [-0.4, -0.2) is 25.5 Å². The molecular weight excluding hydrogens is 332 g/mol. The van der Waals surface area contributed by atoms with Crippen molar-refractivity contribution in [2.45, 2.75) is 24.8 Å². The second-order valence-electron chi connectivity index (χ2n) is 4.38. The van der Waals surface area contributed by atoms with E-state index in [0.717, 1.165) is 12.1 Å². The standard InChI is InChI=1S/C11H12Cl2FNO4S/c1-5(2)9(11(16)17)15-20(18,19)10-7(12)3-6(14)4-8(10)13/h3-5,9,15H,1-2H3,(H,16,17)/t9-/m0/s1. The number of hydrogen-bond acceptors (Lipinski definition) is 3. The van der Waals surface area contributed by atoms with Gasteiger partial charge in [-0.2, -0.15) is 4.72 Å². The Morgan fingerprint density at radius 2 is 1.75 bits per heavy atom. The van der Waals surface area contributed by atoms with E-state index in [0.29, 0.717) is 0 Å². The van der Waals surface area contributed by atoms with Crippen LogP contribution in [-0.2, 0) is 14.8 Å². The van der Waals surface area contributed by atoms with Gasteiger partial charge in [-0.3, -0.25) is 4.79 Å². The van der Waals surface area contributed by atoms with Crippen molar-refractivity contribution in [2.75, 3.05) is 0 Å². The minimum atomic E-state index is -4.29. The molecule has 0 unspecified atom stereocenters. The van der Waals surface area contributed by atoms with E-state index < -0.39 is 48.7 Å². The minimum Gasteiger partial charge on any atom is -0.480 e. The molecule has 0 spiro atoms. The van der Waals surface area contributed by atoms with E-state index in [1.165, 1.54) is 13.8 Å². The summed E-state index contributed by atoms with van der Waals surface area (Å²) in [6, 6.07) is 0.220. The third-order valence-corrected chi connectivity index (χ3v) is 4.81. The van der Waals surface area contributed by atoms with Gasteiger partial charge in [0, 0.05) is 0 Å². The molecule has 5 nitrogen and oxygen atoms in total. The lowest BCUT2D eigenvalue weighted by Gasteiger charge is -2.19. The Balaban J connectivity index is 3.28. The molecule has 0 fully saturated rings. The van der Waals surface area contributed by atoms with Crippen LogP contribution in [0.5, 0.6) is 0 Å². The number of nitrogens with one attached hydrogen (secondary N) is 1. The van der Waals surface area contributed by atoms with Crippen LogP contribution in [0.4, 0.5) is 4.39 Å². The molecule has 0 aliphatic rings. The predicted molar refractivity (Wildman–Crippen MR) is 73.0 cm³/mol. The molecule has 20 heavy (non-hydrogen) atoms. The smallest absolute Gasteiger partial charge is 0.322 e. The van der Waals surface area contributed by atoms with Gasteiger partial charge in [0.05, 0.1) is 10.0 Å². The number of carboxylic acids is 1. The number of hydrogen-bond donors (Lipinski definition) is 2. The number of halogens is 3. The van der Waals surface area contributed by atoms with Crippen LogP contribution < -0.4 is 4.72 Å². The van der Waals surface area contributed by atoms with Crippen molar-refractivity contribution in [3.05, 3.63) is 28.0 Å². The Morgan fingerprint density at radius 3 is 2.10 bits per heavy atom. The first kappa shape index (κ1) is 17.2. The fourth-order valence-electron chi connectivity index (χ4n) is 1.48. The van der Waals surface area contributed by atoms with Crippen molar-refractivity contribution < 1.29 is 22.7 Å². The Hall–Kier alpha value is -0.890. The monoisotopic (exact) mass is 343 g/mol. The predicted octanol–water partition coefficient (Wildman–Crippen LogP) is 2.52. The minimum absolute atomic E-state index is 0.421. The molecule has 0 radical (unpaired) electrons. The largest absolute Gasteiger partial charge is 0.480 e. The third kappa shape index (κ3) is 3.82. The molecule has 1 atom stereocenters. The topological polar surface area (TPSA) is 83.5 Å². The maximum Gasteiger partial charge on any atom is 0.322 e. The normalized spacial score (nSPS) is 13.5. The van der Waals surface area contributed by atoms with Crippen LogP contribution in [0.3, 0.4) is 0 Å². The quantitative estimate of drug-likeness (QED) is 0.860. The van der Waals surface area contributed by atoms with Crippen LogP contribution in [0.25, 0.3) is 0 Å². The number of carbonyl (C=O) groups is 1. The number of carboxylic acid groups (broad SMARTS) is 1. The number of rotatable bonds is 5. The summed E-state index contributed by atoms with van der Waals surface area (Å²) in [4.78, 5) is 10.5. The highest BCUT2D eigenvalue weighted by Crippen LogP contribution is 2.30. The highest BCUT2D eigenvalue weighted by atomic mass is 35.5. The van der Waals surface area contributed by atoms with Crippen molar-refractivity contribution in [3.8, 4) is 0 Å². The summed E-state index contributed by atoms with van der Waals surface area (Å²) in [6.45, 7) is 3.07. The second kappa shape index (κ2) is 6.26. The molecule has 1 rings (SSSR count). The molecule has 2 N–H and O–H groups in total. The Morgan fingerprint density at radius 1 is 1.30 bits per heavy atom. The van der Waals surface area contributed by atoms with Crippen molar-refractivity contribution in [1.29, 1.82) is 0 Å². The maximum atomic E-state index is 13.0. The van der Waals surface area contributed by atoms with Crippen LogP contribution in [0.2, 0.25) is 10.0 Å². The summed E-state index contributed by atoms with van der Waals surface area (Å²) in [6.07, 6.45) is 0. The first-order valence-corrected chi connectivity index (χ1v) is 7.70. The first-order valence-electron chi connectivity index (χ1n) is 5.46. The zero-order chi connectivity index (χ0) is 15.7. The van der Waals surface area contributed by atoms with E-state index in [2.05, 4.69) is 0 Å². The van der Waals surface area contributed by atoms with Gasteiger partial charge in [0.25, 0.3) is 0 Å². The summed E-state index contributed by atoms with van der Waals surface area (Å²) in [5.41, 5.74) is 0. The molecule has 0 aliphatic carbocycles. The number of sulfonamides is 1. The fourth-order valence-corrected chi connectivity index (χ4v) is 4.01. The third-order valence-electron chi connectivity index (χ3n) is 2.45. The summed E-state index contributed by atoms with van der Waals surface area (Å²) < 4.78 is 39.3. The first-order chi connectivity index (χ1) is 9.06. The molecular formula is C11H12Cl2FNO4S. The van der Waals surface area contributed by atoms with Gasteiger partial charge in [0.15, 0.2) is 0 Å².